The summed E-state index contributed by atoms with van der Waals surface area (Å²) in [5.41, 5.74) is 2.80. The van der Waals surface area contributed by atoms with E-state index >= 15 is 0 Å². The van der Waals surface area contributed by atoms with Crippen LogP contribution in [0.5, 0.6) is 11.5 Å². The van der Waals surface area contributed by atoms with E-state index in [1.807, 2.05) is 30.3 Å². The van der Waals surface area contributed by atoms with Gasteiger partial charge in [0.1, 0.15) is 0 Å². The predicted octanol–water partition coefficient (Wildman–Crippen LogP) is 3.33. The lowest BCUT2D eigenvalue weighted by Crippen LogP contribution is -1.87. The first-order chi connectivity index (χ1) is 7.74. The number of aryl methyl sites for hydroxylation is 1. The molecule has 2 nitrogen and oxygen atoms in total. The van der Waals surface area contributed by atoms with Gasteiger partial charge in [-0.15, -0.1) is 0 Å². The Balaban J connectivity index is 2.63. The molecule has 0 amide bonds. The highest BCUT2D eigenvalue weighted by molar-refractivity contribution is 5.75. The summed E-state index contributed by atoms with van der Waals surface area (Å²) in [7, 11) is 0. The predicted molar refractivity (Wildman–Crippen MR) is 64.6 cm³/mol. The van der Waals surface area contributed by atoms with Gasteiger partial charge in [0.05, 0.1) is 0 Å². The lowest BCUT2D eigenvalue weighted by molar-refractivity contribution is 0.405. The Morgan fingerprint density at radius 2 is 1.56 bits per heavy atom. The van der Waals surface area contributed by atoms with Crippen molar-refractivity contribution in [2.24, 2.45) is 0 Å². The van der Waals surface area contributed by atoms with E-state index in [2.05, 4.69) is 6.92 Å². The zero-order valence-corrected chi connectivity index (χ0v) is 9.14. The molecule has 0 fully saturated rings. The second-order valence-electron chi connectivity index (χ2n) is 3.68. The fraction of sp³-hybridized carbons (Fsp3) is 0.143. The van der Waals surface area contributed by atoms with Crippen molar-refractivity contribution in [3.8, 4) is 22.6 Å². The van der Waals surface area contributed by atoms with Crippen molar-refractivity contribution >= 4 is 0 Å². The molecule has 0 aliphatic carbocycles. The van der Waals surface area contributed by atoms with Gasteiger partial charge in [-0.25, -0.2) is 0 Å². The number of phenolic OH excluding ortho intramolecular Hbond substituents is 2. The van der Waals surface area contributed by atoms with Crippen molar-refractivity contribution in [2.45, 2.75) is 13.3 Å². The van der Waals surface area contributed by atoms with Crippen LogP contribution in [0.3, 0.4) is 0 Å². The summed E-state index contributed by atoms with van der Waals surface area (Å²) in [4.78, 5) is 0. The van der Waals surface area contributed by atoms with Crippen molar-refractivity contribution in [2.75, 3.05) is 0 Å². The molecule has 0 spiro atoms. The molecule has 2 heteroatoms. The first kappa shape index (κ1) is 10.6. The molecule has 2 N–H and O–H groups in total. The average Bonchev–Trinajstić information content (AvgIpc) is 2.33. The van der Waals surface area contributed by atoms with Crippen LogP contribution in [-0.2, 0) is 6.42 Å². The normalized spacial score (nSPS) is 10.3. The van der Waals surface area contributed by atoms with Gasteiger partial charge in [0.15, 0.2) is 11.5 Å². The Kier molecular flexibility index (Phi) is 2.82. The van der Waals surface area contributed by atoms with Gasteiger partial charge in [0.25, 0.3) is 0 Å². The SMILES string of the molecule is CCc1ccccc1-c1cccc(O)c1O. The molecule has 0 aliphatic rings. The maximum Gasteiger partial charge on any atom is 0.165 e. The van der Waals surface area contributed by atoms with E-state index in [4.69, 9.17) is 0 Å². The van der Waals surface area contributed by atoms with Crippen molar-refractivity contribution < 1.29 is 10.2 Å². The van der Waals surface area contributed by atoms with Gasteiger partial charge in [-0.3, -0.25) is 0 Å². The molecule has 0 unspecified atom stereocenters. The Morgan fingerprint density at radius 3 is 2.31 bits per heavy atom. The molecule has 2 aromatic rings. The zero-order chi connectivity index (χ0) is 11.5. The molecule has 0 saturated heterocycles. The van der Waals surface area contributed by atoms with Crippen LogP contribution in [0.1, 0.15) is 12.5 Å². The monoisotopic (exact) mass is 214 g/mol. The molecule has 2 aromatic carbocycles. The first-order valence-electron chi connectivity index (χ1n) is 5.33. The van der Waals surface area contributed by atoms with Crippen LogP contribution < -0.4 is 0 Å². The van der Waals surface area contributed by atoms with Crippen molar-refractivity contribution in [1.29, 1.82) is 0 Å². The summed E-state index contributed by atoms with van der Waals surface area (Å²) >= 11 is 0. The molecular formula is C14H14O2. The molecule has 16 heavy (non-hydrogen) atoms. The van der Waals surface area contributed by atoms with E-state index in [1.54, 1.807) is 6.07 Å². The summed E-state index contributed by atoms with van der Waals surface area (Å²) in [6, 6.07) is 12.9. The minimum absolute atomic E-state index is 0.0524. The van der Waals surface area contributed by atoms with Gasteiger partial charge in [-0.1, -0.05) is 43.3 Å². The number of benzene rings is 2. The molecule has 0 saturated carbocycles. The Morgan fingerprint density at radius 1 is 0.875 bits per heavy atom. The van der Waals surface area contributed by atoms with E-state index in [0.717, 1.165) is 17.5 Å². The van der Waals surface area contributed by atoms with Crippen LogP contribution in [0.25, 0.3) is 11.1 Å². The van der Waals surface area contributed by atoms with Crippen LogP contribution >= 0.6 is 0 Å². The van der Waals surface area contributed by atoms with Crippen LogP contribution in [-0.4, -0.2) is 10.2 Å². The van der Waals surface area contributed by atoms with Crippen molar-refractivity contribution in [1.82, 2.24) is 0 Å². The minimum Gasteiger partial charge on any atom is -0.504 e. The van der Waals surface area contributed by atoms with Crippen molar-refractivity contribution in [3.05, 3.63) is 48.0 Å². The molecule has 0 radical (unpaired) electrons. The minimum atomic E-state index is -0.0802. The molecule has 0 heterocycles. The lowest BCUT2D eigenvalue weighted by atomic mass is 9.97. The highest BCUT2D eigenvalue weighted by Crippen LogP contribution is 2.37. The quantitative estimate of drug-likeness (QED) is 0.753. The number of rotatable bonds is 2. The standard InChI is InChI=1S/C14H14O2/c1-2-10-6-3-4-7-11(10)12-8-5-9-13(15)14(12)16/h3-9,15-16H,2H2,1H3. The van der Waals surface area contributed by atoms with Crippen LogP contribution in [0.4, 0.5) is 0 Å². The maximum absolute atomic E-state index is 9.82. The van der Waals surface area contributed by atoms with E-state index < -0.39 is 0 Å². The van der Waals surface area contributed by atoms with Gasteiger partial charge in [-0.2, -0.15) is 0 Å². The van der Waals surface area contributed by atoms with E-state index in [1.165, 1.54) is 6.07 Å². The van der Waals surface area contributed by atoms with Gasteiger partial charge in [-0.05, 0) is 23.6 Å². The summed E-state index contributed by atoms with van der Waals surface area (Å²) in [5, 5.41) is 19.3. The van der Waals surface area contributed by atoms with Crippen LogP contribution in [0, 0.1) is 0 Å². The molecule has 0 atom stereocenters. The summed E-state index contributed by atoms with van der Waals surface area (Å²) in [6.45, 7) is 2.07. The fourth-order valence-corrected chi connectivity index (χ4v) is 1.84. The smallest absolute Gasteiger partial charge is 0.165 e. The molecule has 82 valence electrons. The molecule has 2 rings (SSSR count). The zero-order valence-electron chi connectivity index (χ0n) is 9.14. The van der Waals surface area contributed by atoms with Gasteiger partial charge in [0, 0.05) is 5.56 Å². The highest BCUT2D eigenvalue weighted by atomic mass is 16.3. The number of aromatic hydroxyl groups is 2. The van der Waals surface area contributed by atoms with Crippen LogP contribution in [0.15, 0.2) is 42.5 Å². The fourth-order valence-electron chi connectivity index (χ4n) is 1.84. The Bertz CT molecular complexity index is 504. The number of phenols is 2. The van der Waals surface area contributed by atoms with E-state index in [0.29, 0.717) is 5.56 Å². The largest absolute Gasteiger partial charge is 0.504 e. The second-order valence-corrected chi connectivity index (χ2v) is 3.68. The maximum atomic E-state index is 9.82. The van der Waals surface area contributed by atoms with E-state index in [-0.39, 0.29) is 11.5 Å². The third kappa shape index (κ3) is 1.74. The Labute approximate surface area is 94.8 Å². The van der Waals surface area contributed by atoms with Gasteiger partial charge < -0.3 is 10.2 Å². The average molecular weight is 214 g/mol. The molecular weight excluding hydrogens is 200 g/mol. The summed E-state index contributed by atoms with van der Waals surface area (Å²) in [6.07, 6.45) is 0.894. The Hall–Kier alpha value is -1.96. The number of hydrogen-bond acceptors (Lipinski definition) is 2. The molecule has 0 aliphatic heterocycles. The third-order valence-corrected chi connectivity index (χ3v) is 2.70. The van der Waals surface area contributed by atoms with Gasteiger partial charge in [0.2, 0.25) is 0 Å². The molecule has 0 bridgehead atoms. The van der Waals surface area contributed by atoms with Gasteiger partial charge >= 0.3 is 0 Å². The van der Waals surface area contributed by atoms with Crippen molar-refractivity contribution in [3.63, 3.8) is 0 Å². The number of para-hydroxylation sites is 1. The third-order valence-electron chi connectivity index (χ3n) is 2.70. The second kappa shape index (κ2) is 4.27. The lowest BCUT2D eigenvalue weighted by Gasteiger charge is -2.10. The summed E-state index contributed by atoms with van der Waals surface area (Å²) < 4.78 is 0. The topological polar surface area (TPSA) is 40.5 Å². The number of hydrogen-bond donors (Lipinski definition) is 2. The first-order valence-corrected chi connectivity index (χ1v) is 5.33. The molecule has 0 aromatic heterocycles. The van der Waals surface area contributed by atoms with Crippen LogP contribution in [0.2, 0.25) is 0 Å². The highest BCUT2D eigenvalue weighted by Gasteiger charge is 2.10. The summed E-state index contributed by atoms with van der Waals surface area (Å²) in [5.74, 6) is -0.133. The van der Waals surface area contributed by atoms with E-state index in [9.17, 15) is 10.2 Å².